The van der Waals surface area contributed by atoms with Crippen molar-refractivity contribution in [1.29, 1.82) is 0 Å². The van der Waals surface area contributed by atoms with Gasteiger partial charge in [-0.05, 0) is 29.9 Å². The third-order valence-electron chi connectivity index (χ3n) is 3.40. The Kier molecular flexibility index (Phi) is 3.28. The van der Waals surface area contributed by atoms with E-state index in [0.717, 1.165) is 12.8 Å². The highest BCUT2D eigenvalue weighted by Gasteiger charge is 2.36. The fourth-order valence-electron chi connectivity index (χ4n) is 2.70. The van der Waals surface area contributed by atoms with Crippen molar-refractivity contribution >= 4 is 5.91 Å². The van der Waals surface area contributed by atoms with E-state index in [0.29, 0.717) is 18.4 Å². The van der Waals surface area contributed by atoms with E-state index < -0.39 is 0 Å². The highest BCUT2D eigenvalue weighted by Crippen LogP contribution is 2.40. The van der Waals surface area contributed by atoms with Gasteiger partial charge in [-0.1, -0.05) is 38.1 Å². The topological polar surface area (TPSA) is 29.1 Å². The first kappa shape index (κ1) is 11.2. The highest BCUT2D eigenvalue weighted by molar-refractivity contribution is 5.77. The van der Waals surface area contributed by atoms with Crippen molar-refractivity contribution in [2.24, 2.45) is 5.92 Å². The molecule has 0 saturated carbocycles. The van der Waals surface area contributed by atoms with Gasteiger partial charge in [0, 0.05) is 6.42 Å². The molecule has 0 radical (unpaired) electrons. The Hall–Kier alpha value is -1.31. The number of hydrogen-bond donors (Lipinski definition) is 1. The summed E-state index contributed by atoms with van der Waals surface area (Å²) in [5.74, 6) is 0.855. The molecule has 16 heavy (non-hydrogen) atoms. The molecule has 3 rings (SSSR count). The van der Waals surface area contributed by atoms with E-state index in [-0.39, 0.29) is 5.91 Å². The number of hydrogen-bond acceptors (Lipinski definition) is 1. The van der Waals surface area contributed by atoms with Gasteiger partial charge < -0.3 is 5.32 Å². The summed E-state index contributed by atoms with van der Waals surface area (Å²) < 4.78 is 0. The normalized spacial score (nSPS) is 26.0. The van der Waals surface area contributed by atoms with E-state index in [2.05, 4.69) is 29.6 Å². The van der Waals surface area contributed by atoms with Gasteiger partial charge in [-0.15, -0.1) is 0 Å². The fourth-order valence-corrected chi connectivity index (χ4v) is 2.70. The average molecular weight is 217 g/mol. The molecule has 1 heterocycles. The van der Waals surface area contributed by atoms with Gasteiger partial charge in [-0.25, -0.2) is 0 Å². The summed E-state index contributed by atoms with van der Waals surface area (Å²) in [6.45, 7) is 4.00. The van der Waals surface area contributed by atoms with Crippen LogP contribution in [0.2, 0.25) is 0 Å². The van der Waals surface area contributed by atoms with Crippen molar-refractivity contribution in [3.8, 4) is 0 Å². The lowest BCUT2D eigenvalue weighted by molar-refractivity contribution is -0.124. The Morgan fingerprint density at radius 1 is 1.25 bits per heavy atom. The first-order chi connectivity index (χ1) is 7.84. The van der Waals surface area contributed by atoms with Gasteiger partial charge in [0.1, 0.15) is 0 Å². The van der Waals surface area contributed by atoms with E-state index in [1.807, 2.05) is 13.8 Å². The molecular weight excluding hydrogens is 198 g/mol. The Bertz CT molecular complexity index is 386. The maximum absolute atomic E-state index is 11.3. The van der Waals surface area contributed by atoms with Crippen molar-refractivity contribution in [2.75, 3.05) is 0 Å². The first-order valence-corrected chi connectivity index (χ1v) is 6.22. The molecule has 1 fully saturated rings. The molecular formula is C14H19NO. The van der Waals surface area contributed by atoms with Crippen molar-refractivity contribution < 1.29 is 4.79 Å². The van der Waals surface area contributed by atoms with Crippen LogP contribution >= 0.6 is 0 Å². The maximum atomic E-state index is 11.3. The zero-order valence-electron chi connectivity index (χ0n) is 9.99. The van der Waals surface area contributed by atoms with Crippen LogP contribution in [0.1, 0.15) is 43.9 Å². The molecule has 1 aliphatic heterocycles. The lowest BCUT2D eigenvalue weighted by Crippen LogP contribution is -2.36. The van der Waals surface area contributed by atoms with Crippen LogP contribution in [-0.4, -0.2) is 5.91 Å². The molecule has 1 aliphatic carbocycles. The standard InChI is InChI=1S/C12H13NO.C2H6/c14-11-6-5-9-7-8-3-1-2-4-10(8)12(9)13-11;1-2/h1-4,9,12H,5-7H2,(H,13,14);1-2H3. The predicted octanol–water partition coefficient (Wildman–Crippen LogP) is 2.84. The van der Waals surface area contributed by atoms with Gasteiger partial charge in [0.05, 0.1) is 6.04 Å². The number of carbonyl (C=O) groups excluding carboxylic acids is 1. The third-order valence-corrected chi connectivity index (χ3v) is 3.40. The summed E-state index contributed by atoms with van der Waals surface area (Å²) >= 11 is 0. The van der Waals surface area contributed by atoms with E-state index in [1.54, 1.807) is 0 Å². The van der Waals surface area contributed by atoms with Crippen LogP contribution in [0.25, 0.3) is 0 Å². The quantitative estimate of drug-likeness (QED) is 0.711. The summed E-state index contributed by atoms with van der Waals surface area (Å²) in [4.78, 5) is 11.3. The number of piperidine rings is 1. The molecule has 0 aromatic heterocycles. The van der Waals surface area contributed by atoms with Gasteiger partial charge in [0.15, 0.2) is 0 Å². The summed E-state index contributed by atoms with van der Waals surface area (Å²) in [5.41, 5.74) is 2.76. The van der Waals surface area contributed by atoms with Crippen LogP contribution in [0, 0.1) is 5.92 Å². The van der Waals surface area contributed by atoms with Crippen molar-refractivity contribution in [3.05, 3.63) is 35.4 Å². The number of fused-ring (bicyclic) bond motifs is 3. The second kappa shape index (κ2) is 4.69. The Morgan fingerprint density at radius 3 is 2.81 bits per heavy atom. The molecule has 2 nitrogen and oxygen atoms in total. The van der Waals surface area contributed by atoms with Crippen LogP contribution < -0.4 is 5.32 Å². The molecule has 0 bridgehead atoms. The van der Waals surface area contributed by atoms with Gasteiger partial charge >= 0.3 is 0 Å². The SMILES string of the molecule is CC.O=C1CCC2Cc3ccccc3C2N1. The zero-order valence-corrected chi connectivity index (χ0v) is 9.99. The van der Waals surface area contributed by atoms with E-state index in [1.165, 1.54) is 11.1 Å². The molecule has 86 valence electrons. The van der Waals surface area contributed by atoms with Gasteiger partial charge in [-0.3, -0.25) is 4.79 Å². The molecule has 2 heteroatoms. The third kappa shape index (κ3) is 1.84. The highest BCUT2D eigenvalue weighted by atomic mass is 16.1. The van der Waals surface area contributed by atoms with Crippen LogP contribution in [0.5, 0.6) is 0 Å². The summed E-state index contributed by atoms with van der Waals surface area (Å²) in [5, 5.41) is 3.10. The fraction of sp³-hybridized carbons (Fsp3) is 0.500. The summed E-state index contributed by atoms with van der Waals surface area (Å²) in [6.07, 6.45) is 2.89. The zero-order chi connectivity index (χ0) is 11.5. The molecule has 2 unspecified atom stereocenters. The van der Waals surface area contributed by atoms with Crippen LogP contribution in [0.15, 0.2) is 24.3 Å². The van der Waals surface area contributed by atoms with E-state index >= 15 is 0 Å². The van der Waals surface area contributed by atoms with Gasteiger partial charge in [0.25, 0.3) is 0 Å². The van der Waals surface area contributed by atoms with E-state index in [9.17, 15) is 4.79 Å². The van der Waals surface area contributed by atoms with Gasteiger partial charge in [-0.2, -0.15) is 0 Å². The number of nitrogens with one attached hydrogen (secondary N) is 1. The molecule has 2 atom stereocenters. The minimum atomic E-state index is 0.211. The number of rotatable bonds is 0. The van der Waals surface area contributed by atoms with Crippen LogP contribution in [0.3, 0.4) is 0 Å². The number of benzene rings is 1. The monoisotopic (exact) mass is 217 g/mol. The Labute approximate surface area is 97.1 Å². The molecule has 1 aromatic rings. The average Bonchev–Trinajstić information content (AvgIpc) is 2.70. The molecule has 2 aliphatic rings. The van der Waals surface area contributed by atoms with E-state index in [4.69, 9.17) is 0 Å². The minimum absolute atomic E-state index is 0.211. The second-order valence-electron chi connectivity index (χ2n) is 4.25. The lowest BCUT2D eigenvalue weighted by Gasteiger charge is -2.26. The van der Waals surface area contributed by atoms with Crippen LogP contribution in [-0.2, 0) is 11.2 Å². The minimum Gasteiger partial charge on any atom is -0.349 e. The second-order valence-corrected chi connectivity index (χ2v) is 4.25. The lowest BCUT2D eigenvalue weighted by atomic mass is 9.91. The van der Waals surface area contributed by atoms with Gasteiger partial charge in [0.2, 0.25) is 5.91 Å². The van der Waals surface area contributed by atoms with Crippen molar-refractivity contribution in [2.45, 2.75) is 39.2 Å². The molecule has 1 saturated heterocycles. The Balaban J connectivity index is 0.000000457. The predicted molar refractivity (Wildman–Crippen MR) is 65.1 cm³/mol. The number of amides is 1. The molecule has 1 N–H and O–H groups in total. The first-order valence-electron chi connectivity index (χ1n) is 6.22. The number of carbonyl (C=O) groups is 1. The smallest absolute Gasteiger partial charge is 0.220 e. The van der Waals surface area contributed by atoms with Crippen molar-refractivity contribution in [1.82, 2.24) is 5.32 Å². The summed E-state index contributed by atoms with van der Waals surface area (Å²) in [7, 11) is 0. The molecule has 1 aromatic carbocycles. The summed E-state index contributed by atoms with van der Waals surface area (Å²) in [6, 6.07) is 8.76. The maximum Gasteiger partial charge on any atom is 0.220 e. The largest absolute Gasteiger partial charge is 0.349 e. The molecule has 0 spiro atoms. The van der Waals surface area contributed by atoms with Crippen LogP contribution in [0.4, 0.5) is 0 Å². The Morgan fingerprint density at radius 2 is 2.00 bits per heavy atom. The van der Waals surface area contributed by atoms with Crippen molar-refractivity contribution in [3.63, 3.8) is 0 Å². The molecule has 1 amide bonds.